The van der Waals surface area contributed by atoms with E-state index in [1.54, 1.807) is 0 Å². The van der Waals surface area contributed by atoms with Crippen LogP contribution in [-0.2, 0) is 0 Å². The summed E-state index contributed by atoms with van der Waals surface area (Å²) in [5.74, 6) is 1.40. The maximum atomic E-state index is 5.58. The molecule has 12 heavy (non-hydrogen) atoms. The summed E-state index contributed by atoms with van der Waals surface area (Å²) in [4.78, 5) is 4.25. The number of hydrogen-bond donors (Lipinski definition) is 1. The summed E-state index contributed by atoms with van der Waals surface area (Å²) < 4.78 is 0. The average molecular weight is 162 g/mol. The third kappa shape index (κ3) is 1.17. The molecule has 1 aromatic rings. The summed E-state index contributed by atoms with van der Waals surface area (Å²) >= 11 is 0. The van der Waals surface area contributed by atoms with Gasteiger partial charge in [0, 0.05) is 5.69 Å². The molecule has 0 aromatic carbocycles. The molecule has 0 saturated heterocycles. The fourth-order valence-corrected chi connectivity index (χ4v) is 1.74. The van der Waals surface area contributed by atoms with Crippen LogP contribution in [0.4, 0.5) is 5.82 Å². The predicted molar refractivity (Wildman–Crippen MR) is 50.0 cm³/mol. The summed E-state index contributed by atoms with van der Waals surface area (Å²) in [6.45, 7) is 2.05. The third-order valence-corrected chi connectivity index (χ3v) is 2.69. The molecule has 2 rings (SSSR count). The fraction of sp³-hybridized carbons (Fsp3) is 0.500. The largest absolute Gasteiger partial charge is 0.384 e. The number of aryl methyl sites for hydroxylation is 1. The highest BCUT2D eigenvalue weighted by Gasteiger charge is 2.21. The second-order valence-corrected chi connectivity index (χ2v) is 3.54. The van der Waals surface area contributed by atoms with Gasteiger partial charge in [0.15, 0.2) is 0 Å². The van der Waals surface area contributed by atoms with Gasteiger partial charge in [-0.2, -0.15) is 0 Å². The van der Waals surface area contributed by atoms with Crippen LogP contribution in [0, 0.1) is 6.92 Å². The van der Waals surface area contributed by atoms with Crippen molar-refractivity contribution >= 4 is 5.82 Å². The third-order valence-electron chi connectivity index (χ3n) is 2.69. The van der Waals surface area contributed by atoms with E-state index in [9.17, 15) is 0 Å². The zero-order chi connectivity index (χ0) is 8.55. The van der Waals surface area contributed by atoms with E-state index in [-0.39, 0.29) is 0 Å². The van der Waals surface area contributed by atoms with Gasteiger partial charge in [-0.05, 0) is 37.3 Å². The van der Waals surface area contributed by atoms with Crippen molar-refractivity contribution < 1.29 is 0 Å². The smallest absolute Gasteiger partial charge is 0.123 e. The lowest BCUT2D eigenvalue weighted by Crippen LogP contribution is -2.11. The molecule has 1 aliphatic carbocycles. The van der Waals surface area contributed by atoms with E-state index >= 15 is 0 Å². The number of nitrogens with two attached hydrogens (primary N) is 1. The summed E-state index contributed by atoms with van der Waals surface area (Å²) in [7, 11) is 0. The Labute approximate surface area is 72.8 Å². The first kappa shape index (κ1) is 7.59. The molecule has 0 amide bonds. The Balaban J connectivity index is 2.31. The molecule has 1 saturated carbocycles. The van der Waals surface area contributed by atoms with Crippen LogP contribution in [0.2, 0.25) is 0 Å². The molecule has 0 unspecified atom stereocenters. The maximum absolute atomic E-state index is 5.58. The summed E-state index contributed by atoms with van der Waals surface area (Å²) in [6.07, 6.45) is 4.02. The minimum absolute atomic E-state index is 0.635. The van der Waals surface area contributed by atoms with Gasteiger partial charge in [0.1, 0.15) is 5.82 Å². The minimum atomic E-state index is 0.635. The lowest BCUT2D eigenvalue weighted by Gasteiger charge is -2.26. The standard InChI is InChI=1S/C10H14N2/c1-7-9(8-3-2-4-8)5-6-10(11)12-7/h5-6,8H,2-4H2,1H3,(H2,11,12). The average Bonchev–Trinajstić information content (AvgIpc) is 1.91. The fourth-order valence-electron chi connectivity index (χ4n) is 1.74. The Hall–Kier alpha value is -1.05. The van der Waals surface area contributed by atoms with Crippen molar-refractivity contribution in [2.75, 3.05) is 5.73 Å². The Morgan fingerprint density at radius 1 is 1.42 bits per heavy atom. The van der Waals surface area contributed by atoms with E-state index in [1.807, 2.05) is 13.0 Å². The van der Waals surface area contributed by atoms with Gasteiger partial charge in [-0.25, -0.2) is 4.98 Å². The molecule has 1 heterocycles. The van der Waals surface area contributed by atoms with Crippen molar-refractivity contribution in [2.24, 2.45) is 0 Å². The molecule has 64 valence electrons. The summed E-state index contributed by atoms with van der Waals surface area (Å²) in [5.41, 5.74) is 8.09. The molecule has 0 spiro atoms. The number of nitrogens with zero attached hydrogens (tertiary/aromatic N) is 1. The molecule has 1 aromatic heterocycles. The van der Waals surface area contributed by atoms with E-state index in [4.69, 9.17) is 5.73 Å². The van der Waals surface area contributed by atoms with Crippen molar-refractivity contribution in [2.45, 2.75) is 32.1 Å². The molecular weight excluding hydrogens is 148 g/mol. The summed E-state index contributed by atoms with van der Waals surface area (Å²) in [6, 6.07) is 4.03. The van der Waals surface area contributed by atoms with E-state index in [2.05, 4.69) is 11.1 Å². The van der Waals surface area contributed by atoms with Crippen molar-refractivity contribution in [3.63, 3.8) is 0 Å². The van der Waals surface area contributed by atoms with E-state index in [0.29, 0.717) is 5.82 Å². The van der Waals surface area contributed by atoms with Gasteiger partial charge in [-0.1, -0.05) is 12.5 Å². The van der Waals surface area contributed by atoms with Crippen molar-refractivity contribution in [1.82, 2.24) is 4.98 Å². The maximum Gasteiger partial charge on any atom is 0.123 e. The van der Waals surface area contributed by atoms with Gasteiger partial charge in [-0.15, -0.1) is 0 Å². The van der Waals surface area contributed by atoms with Crippen molar-refractivity contribution in [3.05, 3.63) is 23.4 Å². The van der Waals surface area contributed by atoms with E-state index in [1.165, 1.54) is 24.8 Å². The van der Waals surface area contributed by atoms with Crippen LogP contribution >= 0.6 is 0 Å². The molecule has 0 atom stereocenters. The first-order valence-corrected chi connectivity index (χ1v) is 4.50. The Bertz CT molecular complexity index is 290. The highest BCUT2D eigenvalue weighted by molar-refractivity contribution is 5.36. The van der Waals surface area contributed by atoms with Gasteiger partial charge in [0.25, 0.3) is 0 Å². The van der Waals surface area contributed by atoms with Crippen LogP contribution in [-0.4, -0.2) is 4.98 Å². The van der Waals surface area contributed by atoms with Crippen molar-refractivity contribution in [1.29, 1.82) is 0 Å². The highest BCUT2D eigenvalue weighted by Crippen LogP contribution is 2.37. The minimum Gasteiger partial charge on any atom is -0.384 e. The first-order chi connectivity index (χ1) is 5.77. The Morgan fingerprint density at radius 2 is 2.17 bits per heavy atom. The highest BCUT2D eigenvalue weighted by atomic mass is 14.8. The van der Waals surface area contributed by atoms with Gasteiger partial charge in [0.2, 0.25) is 0 Å². The van der Waals surface area contributed by atoms with Crippen LogP contribution in [0.25, 0.3) is 0 Å². The number of hydrogen-bond acceptors (Lipinski definition) is 2. The first-order valence-electron chi connectivity index (χ1n) is 4.50. The number of nitrogen functional groups attached to an aromatic ring is 1. The molecule has 2 N–H and O–H groups in total. The predicted octanol–water partition coefficient (Wildman–Crippen LogP) is 2.24. The van der Waals surface area contributed by atoms with Crippen LogP contribution < -0.4 is 5.73 Å². The van der Waals surface area contributed by atoms with Crippen LogP contribution in [0.1, 0.15) is 36.4 Å². The monoisotopic (exact) mass is 162 g/mol. The topological polar surface area (TPSA) is 38.9 Å². The second kappa shape index (κ2) is 2.77. The number of anilines is 1. The lowest BCUT2D eigenvalue weighted by molar-refractivity contribution is 0.417. The van der Waals surface area contributed by atoms with Crippen LogP contribution in [0.15, 0.2) is 12.1 Å². The molecule has 0 bridgehead atoms. The molecular formula is C10H14N2. The number of rotatable bonds is 1. The SMILES string of the molecule is Cc1nc(N)ccc1C1CCC1. The molecule has 2 nitrogen and oxygen atoms in total. The molecule has 0 aliphatic heterocycles. The van der Waals surface area contributed by atoms with Gasteiger partial charge in [0.05, 0.1) is 0 Å². The van der Waals surface area contributed by atoms with Crippen LogP contribution in [0.5, 0.6) is 0 Å². The zero-order valence-electron chi connectivity index (χ0n) is 7.38. The van der Waals surface area contributed by atoms with E-state index in [0.717, 1.165) is 11.6 Å². The quantitative estimate of drug-likeness (QED) is 0.687. The molecule has 1 aliphatic rings. The zero-order valence-corrected chi connectivity index (χ0v) is 7.38. The number of pyridine rings is 1. The van der Waals surface area contributed by atoms with Crippen molar-refractivity contribution in [3.8, 4) is 0 Å². The molecule has 0 radical (unpaired) electrons. The van der Waals surface area contributed by atoms with Crippen LogP contribution in [0.3, 0.4) is 0 Å². The molecule has 1 fully saturated rings. The van der Waals surface area contributed by atoms with Gasteiger partial charge >= 0.3 is 0 Å². The van der Waals surface area contributed by atoms with E-state index < -0.39 is 0 Å². The Morgan fingerprint density at radius 3 is 2.67 bits per heavy atom. The van der Waals surface area contributed by atoms with Gasteiger partial charge < -0.3 is 5.73 Å². The number of aromatic nitrogens is 1. The lowest BCUT2D eigenvalue weighted by atomic mass is 9.79. The second-order valence-electron chi connectivity index (χ2n) is 3.54. The molecule has 2 heteroatoms. The Kier molecular flexibility index (Phi) is 1.75. The normalized spacial score (nSPS) is 17.4. The van der Waals surface area contributed by atoms with Gasteiger partial charge in [-0.3, -0.25) is 0 Å². The summed E-state index contributed by atoms with van der Waals surface area (Å²) in [5, 5.41) is 0.